The van der Waals surface area contributed by atoms with Crippen LogP contribution in [-0.2, 0) is 19.4 Å². The second kappa shape index (κ2) is 15.9. The van der Waals surface area contributed by atoms with E-state index < -0.39 is 36.0 Å². The number of benzene rings is 3. The second-order valence-electron chi connectivity index (χ2n) is 13.3. The fourth-order valence-corrected chi connectivity index (χ4v) is 8.81. The molecule has 266 valence electrons. The fraction of sp³-hybridized carbons (Fsp3) is 0.405. The predicted octanol–water partition coefficient (Wildman–Crippen LogP) is 4.58. The normalized spacial score (nSPS) is 20.9. The molecule has 1 N–H and O–H groups in total. The molecule has 2 aliphatic heterocycles. The first-order chi connectivity index (χ1) is 24.1. The smallest absolute Gasteiger partial charge is 0.350 e. The number of aromatic amines is 1. The molecule has 11 nitrogen and oxygen atoms in total. The summed E-state index contributed by atoms with van der Waals surface area (Å²) < 4.78 is 29.8. The highest BCUT2D eigenvalue weighted by atomic mass is 35.7. The van der Waals surface area contributed by atoms with Gasteiger partial charge in [0.25, 0.3) is 5.56 Å². The van der Waals surface area contributed by atoms with Crippen LogP contribution in [0.3, 0.4) is 0 Å². The number of aryl methyl sites for hydroxylation is 1. The molecule has 3 unspecified atom stereocenters. The number of likely N-dealkylation sites (N-methyl/N-ethyl adjacent to an activating group) is 1. The molecule has 0 saturated carbocycles. The Bertz CT molecular complexity index is 1770. The Labute approximate surface area is 298 Å². The molecule has 0 aliphatic carbocycles. The van der Waals surface area contributed by atoms with E-state index in [4.69, 9.17) is 20.5 Å². The van der Waals surface area contributed by atoms with E-state index >= 15 is 0 Å². The topological polar surface area (TPSA) is 103 Å². The number of aromatic nitrogens is 2. The van der Waals surface area contributed by atoms with Crippen LogP contribution in [0.2, 0.25) is 0 Å². The van der Waals surface area contributed by atoms with Crippen molar-refractivity contribution in [2.75, 3.05) is 73.1 Å². The Kier molecular flexibility index (Phi) is 11.6. The average molecular weight is 721 g/mol. The van der Waals surface area contributed by atoms with Crippen molar-refractivity contribution in [3.63, 3.8) is 0 Å². The summed E-state index contributed by atoms with van der Waals surface area (Å²) in [7, 11) is 4.10. The van der Waals surface area contributed by atoms with Gasteiger partial charge in [-0.15, -0.1) is 0 Å². The standard InChI is InChI=1S/C37H46ClN6O5P/c1-29-25-44(36(46)39-35(29)45)34-27-42(26-33(49-34)28-48-50(38,47)43-23-21-41(22-24-43)20-19-40(2)3)37(30-13-7-4-8-14-30,31-15-9-5-10-16-31)32-17-11-6-12-18-32/h4-18,25,33-34H,19-24,26-28H2,1-3H3,(H,39,45,46). The van der Waals surface area contributed by atoms with Gasteiger partial charge in [0.1, 0.15) is 0 Å². The van der Waals surface area contributed by atoms with Gasteiger partial charge in [0.2, 0.25) is 0 Å². The molecule has 3 atom stereocenters. The Morgan fingerprint density at radius 1 is 0.880 bits per heavy atom. The number of morpholine rings is 1. The summed E-state index contributed by atoms with van der Waals surface area (Å²) in [6.07, 6.45) is 0.0766. The van der Waals surface area contributed by atoms with Gasteiger partial charge in [-0.25, -0.2) is 9.46 Å². The highest BCUT2D eigenvalue weighted by Crippen LogP contribution is 2.56. The van der Waals surface area contributed by atoms with Gasteiger partial charge in [0.05, 0.1) is 18.2 Å². The zero-order valence-electron chi connectivity index (χ0n) is 28.9. The molecule has 3 aromatic carbocycles. The zero-order valence-corrected chi connectivity index (χ0v) is 30.5. The molecule has 2 aliphatic rings. The number of ether oxygens (including phenoxy) is 1. The number of hydrogen-bond donors (Lipinski definition) is 1. The van der Waals surface area contributed by atoms with E-state index in [1.54, 1.807) is 11.6 Å². The van der Waals surface area contributed by atoms with Crippen LogP contribution >= 0.6 is 18.1 Å². The molecule has 0 spiro atoms. The summed E-state index contributed by atoms with van der Waals surface area (Å²) >= 11 is 6.71. The number of hydrogen-bond acceptors (Lipinski definition) is 8. The van der Waals surface area contributed by atoms with E-state index in [1.807, 2.05) is 68.7 Å². The summed E-state index contributed by atoms with van der Waals surface area (Å²) in [5, 5.41) is 0. The van der Waals surface area contributed by atoms with Crippen molar-refractivity contribution in [2.24, 2.45) is 0 Å². The van der Waals surface area contributed by atoms with Crippen molar-refractivity contribution < 1.29 is 13.8 Å². The SMILES string of the molecule is Cc1cn(C2CN(C(c3ccccc3)(c3ccccc3)c3ccccc3)CC(COP(=O)(Cl)N3CCN(CCN(C)C)CC3)O2)c(=O)[nH]c1=O. The first kappa shape index (κ1) is 36.4. The number of piperazine rings is 1. The molecule has 0 bridgehead atoms. The van der Waals surface area contributed by atoms with E-state index in [2.05, 4.69) is 56.1 Å². The number of rotatable bonds is 12. The Balaban J connectivity index is 1.36. The molecule has 0 radical (unpaired) electrons. The number of H-pyrrole nitrogens is 1. The molecule has 6 rings (SSSR count). The summed E-state index contributed by atoms with van der Waals surface area (Å²) in [5.41, 5.74) is 1.61. The number of nitrogens with zero attached hydrogens (tertiary/aromatic N) is 5. The van der Waals surface area contributed by atoms with Crippen molar-refractivity contribution in [1.29, 1.82) is 0 Å². The van der Waals surface area contributed by atoms with Crippen LogP contribution in [0.1, 0.15) is 28.5 Å². The van der Waals surface area contributed by atoms with Crippen molar-refractivity contribution >= 4 is 18.1 Å². The van der Waals surface area contributed by atoms with Crippen LogP contribution in [-0.4, -0.2) is 108 Å². The highest BCUT2D eigenvalue weighted by molar-refractivity contribution is 7.83. The van der Waals surface area contributed by atoms with Crippen molar-refractivity contribution in [3.05, 3.63) is 140 Å². The monoisotopic (exact) mass is 720 g/mol. The van der Waals surface area contributed by atoms with E-state index in [0.29, 0.717) is 25.2 Å². The van der Waals surface area contributed by atoms with Crippen molar-refractivity contribution in [1.82, 2.24) is 28.9 Å². The Morgan fingerprint density at radius 3 is 1.94 bits per heavy atom. The molecular weight excluding hydrogens is 675 g/mol. The zero-order chi connectivity index (χ0) is 35.3. The summed E-state index contributed by atoms with van der Waals surface area (Å²) in [6.45, 7) is 2.95. The Morgan fingerprint density at radius 2 is 1.42 bits per heavy atom. The lowest BCUT2D eigenvalue weighted by atomic mass is 9.75. The third kappa shape index (κ3) is 7.91. The summed E-state index contributed by atoms with van der Waals surface area (Å²) in [4.78, 5) is 34.9. The van der Waals surface area contributed by atoms with Crippen LogP contribution in [0.4, 0.5) is 0 Å². The molecule has 0 amide bonds. The van der Waals surface area contributed by atoms with Gasteiger partial charge in [-0.05, 0) is 49.0 Å². The second-order valence-corrected chi connectivity index (χ2v) is 16.3. The molecular formula is C37H46ClN6O5P. The summed E-state index contributed by atoms with van der Waals surface area (Å²) in [6, 6.07) is 30.8. The van der Waals surface area contributed by atoms with Gasteiger partial charge in [-0.3, -0.25) is 28.7 Å². The van der Waals surface area contributed by atoms with Gasteiger partial charge in [-0.2, -0.15) is 0 Å². The highest BCUT2D eigenvalue weighted by Gasteiger charge is 2.47. The van der Waals surface area contributed by atoms with Crippen LogP contribution in [0.15, 0.2) is 107 Å². The molecule has 2 saturated heterocycles. The van der Waals surface area contributed by atoms with E-state index in [9.17, 15) is 14.2 Å². The van der Waals surface area contributed by atoms with Gasteiger partial charge in [0.15, 0.2) is 6.23 Å². The quantitative estimate of drug-likeness (QED) is 0.167. The molecule has 1 aromatic heterocycles. The fourth-order valence-electron chi connectivity index (χ4n) is 7.02. The van der Waals surface area contributed by atoms with Gasteiger partial charge in [-0.1, -0.05) is 91.0 Å². The van der Waals surface area contributed by atoms with Crippen LogP contribution in [0, 0.1) is 6.92 Å². The maximum absolute atomic E-state index is 13.9. The largest absolute Gasteiger partial charge is 0.363 e. The van der Waals surface area contributed by atoms with Gasteiger partial charge in [0, 0.05) is 64.1 Å². The average Bonchev–Trinajstić information content (AvgIpc) is 3.13. The molecule has 13 heteroatoms. The number of nitrogens with one attached hydrogen (secondary N) is 1. The lowest BCUT2D eigenvalue weighted by molar-refractivity contribution is -0.148. The first-order valence-corrected chi connectivity index (χ1v) is 19.5. The molecule has 2 fully saturated rings. The van der Waals surface area contributed by atoms with Gasteiger partial charge < -0.3 is 14.2 Å². The molecule has 4 aromatic rings. The minimum absolute atomic E-state index is 0.0693. The minimum Gasteiger partial charge on any atom is -0.350 e. The van der Waals surface area contributed by atoms with E-state index in [1.165, 1.54) is 10.8 Å². The van der Waals surface area contributed by atoms with Gasteiger partial charge >= 0.3 is 12.6 Å². The van der Waals surface area contributed by atoms with E-state index in [0.717, 1.165) is 42.9 Å². The first-order valence-electron chi connectivity index (χ1n) is 17.0. The van der Waals surface area contributed by atoms with Crippen LogP contribution < -0.4 is 11.2 Å². The molecule has 3 heterocycles. The third-order valence-electron chi connectivity index (χ3n) is 9.62. The van der Waals surface area contributed by atoms with Crippen LogP contribution in [0.25, 0.3) is 0 Å². The lowest BCUT2D eigenvalue weighted by Gasteiger charge is -2.50. The maximum atomic E-state index is 13.9. The van der Waals surface area contributed by atoms with Crippen LogP contribution in [0.5, 0.6) is 0 Å². The van der Waals surface area contributed by atoms with Crippen molar-refractivity contribution in [2.45, 2.75) is 24.8 Å². The third-order valence-corrected chi connectivity index (χ3v) is 12.1. The summed E-state index contributed by atoms with van der Waals surface area (Å²) in [5.74, 6) is 0. The molecule has 50 heavy (non-hydrogen) atoms. The minimum atomic E-state index is -3.70. The van der Waals surface area contributed by atoms with E-state index in [-0.39, 0.29) is 13.2 Å². The maximum Gasteiger partial charge on any atom is 0.363 e. The lowest BCUT2D eigenvalue weighted by Crippen LogP contribution is -2.58. The predicted molar refractivity (Wildman–Crippen MR) is 197 cm³/mol. The van der Waals surface area contributed by atoms with Crippen molar-refractivity contribution in [3.8, 4) is 0 Å². The number of halogens is 1. The Hall–Kier alpha value is -3.38.